The molecule has 0 aliphatic rings. The first-order chi connectivity index (χ1) is 8.65. The Labute approximate surface area is 113 Å². The van der Waals surface area contributed by atoms with Gasteiger partial charge in [-0.15, -0.1) is 0 Å². The van der Waals surface area contributed by atoms with Crippen molar-refractivity contribution in [3.05, 3.63) is 58.0 Å². The number of hydrogen-bond donors (Lipinski definition) is 1. The van der Waals surface area contributed by atoms with Crippen molar-refractivity contribution in [1.29, 1.82) is 0 Å². The van der Waals surface area contributed by atoms with E-state index in [1.54, 1.807) is 18.3 Å². The summed E-state index contributed by atoms with van der Waals surface area (Å²) in [5, 5.41) is 3.86. The first kappa shape index (κ1) is 12.6. The number of hydrogen-bond acceptors (Lipinski definition) is 3. The Balaban J connectivity index is 1.95. The molecule has 5 heteroatoms. The lowest BCUT2D eigenvalue weighted by Gasteiger charge is -1.96. The maximum absolute atomic E-state index is 11.6. The van der Waals surface area contributed by atoms with E-state index in [1.165, 1.54) is 5.56 Å². The van der Waals surface area contributed by atoms with Crippen LogP contribution in [0.25, 0.3) is 0 Å². The first-order valence-electron chi connectivity index (χ1n) is 5.30. The van der Waals surface area contributed by atoms with Gasteiger partial charge in [-0.3, -0.25) is 4.79 Å². The fourth-order valence-corrected chi connectivity index (χ4v) is 1.62. The zero-order chi connectivity index (χ0) is 13.0. The lowest BCUT2D eigenvalue weighted by atomic mass is 10.2. The number of hydrazone groups is 1. The summed E-state index contributed by atoms with van der Waals surface area (Å²) >= 11 is 3.13. The summed E-state index contributed by atoms with van der Waals surface area (Å²) in [6.07, 6.45) is 1.58. The van der Waals surface area contributed by atoms with E-state index >= 15 is 0 Å². The average molecular weight is 307 g/mol. The van der Waals surface area contributed by atoms with Gasteiger partial charge in [0.2, 0.25) is 0 Å². The highest BCUT2D eigenvalue weighted by Gasteiger charge is 2.08. The first-order valence-corrected chi connectivity index (χ1v) is 6.10. The SMILES string of the molecule is Cc1ccc(/C=N/NC(=O)c2ccc(Br)o2)cc1. The second-order valence-electron chi connectivity index (χ2n) is 3.71. The molecule has 0 bridgehead atoms. The molecule has 1 aromatic heterocycles. The topological polar surface area (TPSA) is 54.6 Å². The van der Waals surface area contributed by atoms with E-state index in [4.69, 9.17) is 4.42 Å². The van der Waals surface area contributed by atoms with Gasteiger partial charge in [-0.1, -0.05) is 29.8 Å². The van der Waals surface area contributed by atoms with Crippen molar-refractivity contribution in [3.63, 3.8) is 0 Å². The van der Waals surface area contributed by atoms with E-state index in [2.05, 4.69) is 26.5 Å². The molecule has 0 unspecified atom stereocenters. The number of furan rings is 1. The number of carbonyl (C=O) groups excluding carboxylic acids is 1. The fourth-order valence-electron chi connectivity index (χ4n) is 1.31. The molecular formula is C13H11BrN2O2. The lowest BCUT2D eigenvalue weighted by Crippen LogP contribution is -2.16. The van der Waals surface area contributed by atoms with Crippen LogP contribution in [0.15, 0.2) is 50.6 Å². The third kappa shape index (κ3) is 3.30. The zero-order valence-corrected chi connectivity index (χ0v) is 11.3. The highest BCUT2D eigenvalue weighted by atomic mass is 79.9. The van der Waals surface area contributed by atoms with E-state index in [1.807, 2.05) is 31.2 Å². The minimum atomic E-state index is -0.385. The van der Waals surface area contributed by atoms with Crippen LogP contribution in [0.4, 0.5) is 0 Å². The Morgan fingerprint density at radius 3 is 2.61 bits per heavy atom. The Kier molecular flexibility index (Phi) is 3.94. The van der Waals surface area contributed by atoms with Crippen LogP contribution < -0.4 is 5.43 Å². The zero-order valence-electron chi connectivity index (χ0n) is 9.68. The van der Waals surface area contributed by atoms with Crippen molar-refractivity contribution in [2.75, 3.05) is 0 Å². The molecule has 2 rings (SSSR count). The molecule has 2 aromatic rings. The molecule has 0 saturated heterocycles. The molecule has 0 saturated carbocycles. The van der Waals surface area contributed by atoms with Gasteiger partial charge < -0.3 is 4.42 Å². The van der Waals surface area contributed by atoms with Gasteiger partial charge in [0.1, 0.15) is 0 Å². The summed E-state index contributed by atoms with van der Waals surface area (Å²) in [6, 6.07) is 11.0. The molecule has 0 spiro atoms. The predicted molar refractivity (Wildman–Crippen MR) is 72.6 cm³/mol. The molecule has 1 heterocycles. The van der Waals surface area contributed by atoms with Crippen LogP contribution in [0.3, 0.4) is 0 Å². The Hall–Kier alpha value is -1.88. The van der Waals surface area contributed by atoms with E-state index in [0.29, 0.717) is 4.67 Å². The highest BCUT2D eigenvalue weighted by Crippen LogP contribution is 2.13. The maximum atomic E-state index is 11.6. The van der Waals surface area contributed by atoms with Crippen molar-refractivity contribution < 1.29 is 9.21 Å². The van der Waals surface area contributed by atoms with Gasteiger partial charge in [0.05, 0.1) is 6.21 Å². The Morgan fingerprint density at radius 2 is 2.00 bits per heavy atom. The molecule has 0 atom stereocenters. The van der Waals surface area contributed by atoms with Crippen LogP contribution in [0.1, 0.15) is 21.7 Å². The minimum Gasteiger partial charge on any atom is -0.444 e. The predicted octanol–water partition coefficient (Wildman–Crippen LogP) is 3.11. The summed E-state index contributed by atoms with van der Waals surface area (Å²) < 4.78 is 5.60. The van der Waals surface area contributed by atoms with E-state index in [0.717, 1.165) is 5.56 Å². The monoisotopic (exact) mass is 306 g/mol. The van der Waals surface area contributed by atoms with Crippen LogP contribution in [-0.4, -0.2) is 12.1 Å². The molecule has 0 fully saturated rings. The molecule has 1 amide bonds. The average Bonchev–Trinajstić information content (AvgIpc) is 2.78. The maximum Gasteiger partial charge on any atom is 0.307 e. The third-order valence-electron chi connectivity index (χ3n) is 2.25. The fraction of sp³-hybridized carbons (Fsp3) is 0.0769. The lowest BCUT2D eigenvalue weighted by molar-refractivity contribution is 0.0926. The molecule has 0 aliphatic heterocycles. The third-order valence-corrected chi connectivity index (χ3v) is 2.68. The smallest absolute Gasteiger partial charge is 0.307 e. The van der Waals surface area contributed by atoms with E-state index < -0.39 is 0 Å². The molecular weight excluding hydrogens is 296 g/mol. The van der Waals surface area contributed by atoms with Gasteiger partial charge >= 0.3 is 5.91 Å². The number of rotatable bonds is 3. The van der Waals surface area contributed by atoms with Gasteiger partial charge in [0, 0.05) is 0 Å². The molecule has 0 radical (unpaired) electrons. The Bertz CT molecular complexity index is 573. The van der Waals surface area contributed by atoms with Crippen molar-refractivity contribution >= 4 is 28.1 Å². The quantitative estimate of drug-likeness (QED) is 0.699. The summed E-state index contributed by atoms with van der Waals surface area (Å²) in [5.41, 5.74) is 4.49. The largest absolute Gasteiger partial charge is 0.444 e. The van der Waals surface area contributed by atoms with Crippen molar-refractivity contribution in [2.45, 2.75) is 6.92 Å². The second-order valence-corrected chi connectivity index (χ2v) is 4.50. The standard InChI is InChI=1S/C13H11BrN2O2/c1-9-2-4-10(5-3-9)8-15-16-13(17)11-6-7-12(14)18-11/h2-8H,1H3,(H,16,17)/b15-8+. The number of nitrogens with one attached hydrogen (secondary N) is 1. The second kappa shape index (κ2) is 5.64. The van der Waals surface area contributed by atoms with Crippen molar-refractivity contribution in [3.8, 4) is 0 Å². The number of amides is 1. The summed E-state index contributed by atoms with van der Waals surface area (Å²) in [5.74, 6) is -0.174. The molecule has 1 N–H and O–H groups in total. The van der Waals surface area contributed by atoms with Crippen molar-refractivity contribution in [1.82, 2.24) is 5.43 Å². The molecule has 92 valence electrons. The van der Waals surface area contributed by atoms with Gasteiger partial charge in [0.25, 0.3) is 0 Å². The summed E-state index contributed by atoms with van der Waals surface area (Å²) in [7, 11) is 0. The minimum absolute atomic E-state index is 0.211. The molecule has 4 nitrogen and oxygen atoms in total. The van der Waals surface area contributed by atoms with Crippen LogP contribution in [0.5, 0.6) is 0 Å². The van der Waals surface area contributed by atoms with Crippen LogP contribution in [-0.2, 0) is 0 Å². The van der Waals surface area contributed by atoms with E-state index in [-0.39, 0.29) is 11.7 Å². The van der Waals surface area contributed by atoms with Crippen LogP contribution in [0, 0.1) is 6.92 Å². The number of benzene rings is 1. The number of nitrogens with zero attached hydrogens (tertiary/aromatic N) is 1. The molecule has 0 aliphatic carbocycles. The molecule has 18 heavy (non-hydrogen) atoms. The number of carbonyl (C=O) groups is 1. The van der Waals surface area contributed by atoms with Gasteiger partial charge in [0.15, 0.2) is 10.4 Å². The number of halogens is 1. The van der Waals surface area contributed by atoms with E-state index in [9.17, 15) is 4.79 Å². The van der Waals surface area contributed by atoms with Crippen LogP contribution in [0.2, 0.25) is 0 Å². The van der Waals surface area contributed by atoms with Gasteiger partial charge in [-0.05, 0) is 40.5 Å². The van der Waals surface area contributed by atoms with Crippen molar-refractivity contribution in [2.24, 2.45) is 5.10 Å². The Morgan fingerprint density at radius 1 is 1.28 bits per heavy atom. The van der Waals surface area contributed by atoms with Gasteiger partial charge in [-0.25, -0.2) is 5.43 Å². The summed E-state index contributed by atoms with van der Waals surface area (Å²) in [6.45, 7) is 2.01. The number of aryl methyl sites for hydroxylation is 1. The van der Waals surface area contributed by atoms with Crippen LogP contribution >= 0.6 is 15.9 Å². The molecule has 1 aromatic carbocycles. The summed E-state index contributed by atoms with van der Waals surface area (Å²) in [4.78, 5) is 11.6. The normalized spacial score (nSPS) is 10.8. The highest BCUT2D eigenvalue weighted by molar-refractivity contribution is 9.10. The van der Waals surface area contributed by atoms with Gasteiger partial charge in [-0.2, -0.15) is 5.10 Å².